The van der Waals surface area contributed by atoms with Gasteiger partial charge in [-0.1, -0.05) is 18.2 Å². The molecule has 0 spiro atoms. The number of carbonyl (C=O) groups excluding carboxylic acids is 1. The van der Waals surface area contributed by atoms with E-state index in [1.54, 1.807) is 7.05 Å². The second-order valence-electron chi connectivity index (χ2n) is 3.79. The molecule has 3 nitrogen and oxygen atoms in total. The Labute approximate surface area is 94.5 Å². The fraction of sp³-hybridized carbons (Fsp3) is 0.231. The number of hydrogen-bond donors (Lipinski definition) is 1. The number of aromatic nitrogens is 1. The Balaban J connectivity index is 2.80. The number of amides is 1. The molecule has 0 bridgehead atoms. The van der Waals surface area contributed by atoms with Gasteiger partial charge in [-0.2, -0.15) is 0 Å². The SMILES string of the molecule is CNC(=O)c1c(C)nc2ccccc2c1C. The van der Waals surface area contributed by atoms with Gasteiger partial charge in [0.25, 0.3) is 5.91 Å². The monoisotopic (exact) mass is 214 g/mol. The molecule has 0 saturated heterocycles. The Morgan fingerprint density at radius 3 is 2.62 bits per heavy atom. The molecule has 2 aromatic rings. The van der Waals surface area contributed by atoms with E-state index in [1.165, 1.54) is 0 Å². The summed E-state index contributed by atoms with van der Waals surface area (Å²) in [5, 5.41) is 3.68. The van der Waals surface area contributed by atoms with Gasteiger partial charge in [-0.3, -0.25) is 9.78 Å². The van der Waals surface area contributed by atoms with Gasteiger partial charge in [-0.25, -0.2) is 0 Å². The number of carbonyl (C=O) groups is 1. The van der Waals surface area contributed by atoms with Crippen LogP contribution in [0.15, 0.2) is 24.3 Å². The molecule has 82 valence electrons. The van der Waals surface area contributed by atoms with Crippen LogP contribution in [0, 0.1) is 13.8 Å². The largest absolute Gasteiger partial charge is 0.355 e. The molecule has 1 heterocycles. The maximum Gasteiger partial charge on any atom is 0.253 e. The van der Waals surface area contributed by atoms with Crippen LogP contribution in [0.4, 0.5) is 0 Å². The van der Waals surface area contributed by atoms with E-state index in [0.717, 1.165) is 22.2 Å². The highest BCUT2D eigenvalue weighted by Crippen LogP contribution is 2.22. The lowest BCUT2D eigenvalue weighted by Gasteiger charge is -2.10. The van der Waals surface area contributed by atoms with Crippen LogP contribution in [0.3, 0.4) is 0 Å². The summed E-state index contributed by atoms with van der Waals surface area (Å²) in [5.74, 6) is -0.0757. The highest BCUT2D eigenvalue weighted by Gasteiger charge is 2.14. The summed E-state index contributed by atoms with van der Waals surface area (Å²) in [7, 11) is 1.64. The number of nitrogens with zero attached hydrogens (tertiary/aromatic N) is 1. The first-order chi connectivity index (χ1) is 7.65. The van der Waals surface area contributed by atoms with E-state index < -0.39 is 0 Å². The molecule has 0 aliphatic rings. The molecule has 1 amide bonds. The minimum Gasteiger partial charge on any atom is -0.355 e. The van der Waals surface area contributed by atoms with Gasteiger partial charge in [-0.05, 0) is 25.5 Å². The normalized spacial score (nSPS) is 10.4. The number of benzene rings is 1. The number of pyridine rings is 1. The molecule has 0 fully saturated rings. The Morgan fingerprint density at radius 1 is 1.25 bits per heavy atom. The topological polar surface area (TPSA) is 42.0 Å². The zero-order chi connectivity index (χ0) is 11.7. The number of hydrogen-bond acceptors (Lipinski definition) is 2. The van der Waals surface area contributed by atoms with E-state index in [4.69, 9.17) is 0 Å². The summed E-state index contributed by atoms with van der Waals surface area (Å²) in [6.45, 7) is 3.82. The molecule has 0 atom stereocenters. The van der Waals surface area contributed by atoms with Gasteiger partial charge in [0.15, 0.2) is 0 Å². The van der Waals surface area contributed by atoms with E-state index in [-0.39, 0.29) is 5.91 Å². The molecule has 0 saturated carbocycles. The third kappa shape index (κ3) is 1.54. The maximum absolute atomic E-state index is 11.7. The Hall–Kier alpha value is -1.90. The van der Waals surface area contributed by atoms with Gasteiger partial charge in [0.1, 0.15) is 0 Å². The quantitative estimate of drug-likeness (QED) is 0.790. The maximum atomic E-state index is 11.7. The fourth-order valence-electron chi connectivity index (χ4n) is 1.99. The summed E-state index contributed by atoms with van der Waals surface area (Å²) >= 11 is 0. The van der Waals surface area contributed by atoms with E-state index in [1.807, 2.05) is 38.1 Å². The van der Waals surface area contributed by atoms with Gasteiger partial charge in [-0.15, -0.1) is 0 Å². The lowest BCUT2D eigenvalue weighted by molar-refractivity contribution is 0.0961. The molecule has 2 rings (SSSR count). The van der Waals surface area contributed by atoms with Crippen molar-refractivity contribution in [1.29, 1.82) is 0 Å². The molecule has 3 heteroatoms. The highest BCUT2D eigenvalue weighted by molar-refractivity contribution is 6.01. The van der Waals surface area contributed by atoms with Gasteiger partial charge < -0.3 is 5.32 Å². The molecule has 1 aromatic carbocycles. The van der Waals surface area contributed by atoms with Crippen molar-refractivity contribution < 1.29 is 4.79 Å². The number of fused-ring (bicyclic) bond motifs is 1. The Morgan fingerprint density at radius 2 is 1.94 bits per heavy atom. The molecule has 1 N–H and O–H groups in total. The van der Waals surface area contributed by atoms with Gasteiger partial charge in [0, 0.05) is 12.4 Å². The second kappa shape index (κ2) is 3.93. The smallest absolute Gasteiger partial charge is 0.253 e. The minimum atomic E-state index is -0.0757. The first-order valence-corrected chi connectivity index (χ1v) is 5.23. The van der Waals surface area contributed by atoms with E-state index in [0.29, 0.717) is 5.56 Å². The van der Waals surface area contributed by atoms with Crippen LogP contribution in [0.5, 0.6) is 0 Å². The van der Waals surface area contributed by atoms with Crippen LogP contribution in [0.2, 0.25) is 0 Å². The average molecular weight is 214 g/mol. The van der Waals surface area contributed by atoms with Crippen LogP contribution in [0.25, 0.3) is 10.9 Å². The summed E-state index contributed by atoms with van der Waals surface area (Å²) in [6.07, 6.45) is 0. The molecule has 0 aliphatic carbocycles. The first kappa shape index (κ1) is 10.6. The number of rotatable bonds is 1. The molecule has 16 heavy (non-hydrogen) atoms. The van der Waals surface area contributed by atoms with Crippen LogP contribution < -0.4 is 5.32 Å². The van der Waals surface area contributed by atoms with Crippen LogP contribution in [-0.4, -0.2) is 17.9 Å². The van der Waals surface area contributed by atoms with Crippen LogP contribution >= 0.6 is 0 Å². The molecule has 1 aromatic heterocycles. The van der Waals surface area contributed by atoms with Gasteiger partial charge in [0.05, 0.1) is 16.8 Å². The zero-order valence-electron chi connectivity index (χ0n) is 9.66. The molecule has 0 radical (unpaired) electrons. The summed E-state index contributed by atoms with van der Waals surface area (Å²) in [4.78, 5) is 16.2. The number of nitrogens with one attached hydrogen (secondary N) is 1. The third-order valence-corrected chi connectivity index (χ3v) is 2.79. The number of aryl methyl sites for hydroxylation is 2. The molecular weight excluding hydrogens is 200 g/mol. The lowest BCUT2D eigenvalue weighted by Crippen LogP contribution is -2.21. The second-order valence-corrected chi connectivity index (χ2v) is 3.79. The predicted octanol–water partition coefficient (Wildman–Crippen LogP) is 2.21. The van der Waals surface area contributed by atoms with E-state index in [9.17, 15) is 4.79 Å². The van der Waals surface area contributed by atoms with Gasteiger partial charge >= 0.3 is 0 Å². The first-order valence-electron chi connectivity index (χ1n) is 5.23. The van der Waals surface area contributed by atoms with Crippen LogP contribution in [-0.2, 0) is 0 Å². The lowest BCUT2D eigenvalue weighted by atomic mass is 10.0. The van der Waals surface area contributed by atoms with Crippen molar-refractivity contribution in [3.63, 3.8) is 0 Å². The molecular formula is C13H14N2O. The minimum absolute atomic E-state index is 0.0757. The van der Waals surface area contributed by atoms with Crippen molar-refractivity contribution in [2.24, 2.45) is 0 Å². The van der Waals surface area contributed by atoms with Crippen molar-refractivity contribution in [3.05, 3.63) is 41.1 Å². The van der Waals surface area contributed by atoms with Crippen molar-refractivity contribution in [1.82, 2.24) is 10.3 Å². The summed E-state index contributed by atoms with van der Waals surface area (Å²) < 4.78 is 0. The van der Waals surface area contributed by atoms with Crippen molar-refractivity contribution >= 4 is 16.8 Å². The summed E-state index contributed by atoms with van der Waals surface area (Å²) in [6, 6.07) is 7.86. The Kier molecular flexibility index (Phi) is 2.60. The molecule has 0 aliphatic heterocycles. The van der Waals surface area contributed by atoms with Crippen molar-refractivity contribution in [2.45, 2.75) is 13.8 Å². The Bertz CT molecular complexity index is 561. The van der Waals surface area contributed by atoms with Gasteiger partial charge in [0.2, 0.25) is 0 Å². The van der Waals surface area contributed by atoms with Crippen molar-refractivity contribution in [2.75, 3.05) is 7.05 Å². The standard InChI is InChI=1S/C13H14N2O/c1-8-10-6-4-5-7-11(10)15-9(2)12(8)13(16)14-3/h4-7H,1-3H3,(H,14,16). The van der Waals surface area contributed by atoms with E-state index in [2.05, 4.69) is 10.3 Å². The predicted molar refractivity (Wildman–Crippen MR) is 64.6 cm³/mol. The summed E-state index contributed by atoms with van der Waals surface area (Å²) in [5.41, 5.74) is 3.38. The van der Waals surface area contributed by atoms with Crippen LogP contribution in [0.1, 0.15) is 21.6 Å². The fourth-order valence-corrected chi connectivity index (χ4v) is 1.99. The number of para-hydroxylation sites is 1. The molecule has 0 unspecified atom stereocenters. The van der Waals surface area contributed by atoms with Crippen molar-refractivity contribution in [3.8, 4) is 0 Å². The zero-order valence-corrected chi connectivity index (χ0v) is 9.66. The van der Waals surface area contributed by atoms with E-state index >= 15 is 0 Å². The third-order valence-electron chi connectivity index (χ3n) is 2.79. The highest BCUT2D eigenvalue weighted by atomic mass is 16.1. The average Bonchev–Trinajstić information content (AvgIpc) is 2.28.